The molecule has 98 valence electrons. The van der Waals surface area contributed by atoms with Crippen molar-refractivity contribution in [2.45, 2.75) is 26.9 Å². The number of hydrogen-bond acceptors (Lipinski definition) is 2. The molecule has 0 fully saturated rings. The Bertz CT molecular complexity index is 559. The Morgan fingerprint density at radius 1 is 1.11 bits per heavy atom. The first-order chi connectivity index (χ1) is 9.20. The molecule has 2 nitrogen and oxygen atoms in total. The minimum atomic E-state index is 0.143. The topological polar surface area (TPSA) is 26.3 Å². The molecule has 19 heavy (non-hydrogen) atoms. The number of Topliss-reactive ketones (excluding diaryl/α,β-unsaturated/α-hetero) is 1. The number of carbonyl (C=O) groups is 1. The monoisotopic (exact) mass is 254 g/mol. The fourth-order valence-corrected chi connectivity index (χ4v) is 1.87. The van der Waals surface area contributed by atoms with Crippen LogP contribution in [0.1, 0.15) is 34.8 Å². The lowest BCUT2D eigenvalue weighted by Gasteiger charge is -2.10. The van der Waals surface area contributed by atoms with Crippen molar-refractivity contribution in [3.8, 4) is 5.75 Å². The van der Waals surface area contributed by atoms with Gasteiger partial charge in [-0.05, 0) is 24.1 Å². The standard InChI is InChI=1S/C17H18O2/c1-3-16(18)15-10-9-13(2)17(11-15)19-12-14-7-5-4-6-8-14/h4-11H,3,12H2,1-2H3. The quantitative estimate of drug-likeness (QED) is 0.749. The SMILES string of the molecule is CCC(=O)c1ccc(C)c(OCc2ccccc2)c1. The van der Waals surface area contributed by atoms with Gasteiger partial charge in [0.2, 0.25) is 0 Å². The number of ketones is 1. The van der Waals surface area contributed by atoms with E-state index in [2.05, 4.69) is 0 Å². The maximum atomic E-state index is 11.7. The molecule has 0 aromatic heterocycles. The molecule has 0 saturated heterocycles. The van der Waals surface area contributed by atoms with Crippen molar-refractivity contribution in [1.82, 2.24) is 0 Å². The van der Waals surface area contributed by atoms with Gasteiger partial charge in [0, 0.05) is 12.0 Å². The third-order valence-electron chi connectivity index (χ3n) is 3.07. The van der Waals surface area contributed by atoms with Crippen LogP contribution >= 0.6 is 0 Å². The molecule has 2 rings (SSSR count). The second kappa shape index (κ2) is 6.19. The summed E-state index contributed by atoms with van der Waals surface area (Å²) in [5, 5.41) is 0. The average molecular weight is 254 g/mol. The lowest BCUT2D eigenvalue weighted by Crippen LogP contribution is -2.01. The van der Waals surface area contributed by atoms with Crippen molar-refractivity contribution in [3.63, 3.8) is 0 Å². The molecule has 0 radical (unpaired) electrons. The van der Waals surface area contributed by atoms with E-state index in [-0.39, 0.29) is 5.78 Å². The first-order valence-corrected chi connectivity index (χ1v) is 6.51. The Labute approximate surface area is 114 Å². The fraction of sp³-hybridized carbons (Fsp3) is 0.235. The van der Waals surface area contributed by atoms with Gasteiger partial charge in [0.05, 0.1) is 0 Å². The predicted molar refractivity (Wildman–Crippen MR) is 76.6 cm³/mol. The van der Waals surface area contributed by atoms with E-state index < -0.39 is 0 Å². The minimum absolute atomic E-state index is 0.143. The van der Waals surface area contributed by atoms with Crippen molar-refractivity contribution in [2.75, 3.05) is 0 Å². The lowest BCUT2D eigenvalue weighted by molar-refractivity contribution is 0.0987. The zero-order chi connectivity index (χ0) is 13.7. The van der Waals surface area contributed by atoms with Crippen molar-refractivity contribution < 1.29 is 9.53 Å². The number of carbonyl (C=O) groups excluding carboxylic acids is 1. The summed E-state index contributed by atoms with van der Waals surface area (Å²) in [5.74, 6) is 0.924. The van der Waals surface area contributed by atoms with Gasteiger partial charge >= 0.3 is 0 Å². The molecule has 0 saturated carbocycles. The maximum absolute atomic E-state index is 11.7. The number of aryl methyl sites for hydroxylation is 1. The highest BCUT2D eigenvalue weighted by atomic mass is 16.5. The first kappa shape index (κ1) is 13.3. The second-order valence-corrected chi connectivity index (χ2v) is 4.53. The van der Waals surface area contributed by atoms with E-state index in [4.69, 9.17) is 4.74 Å². The van der Waals surface area contributed by atoms with Crippen LogP contribution in [-0.2, 0) is 6.61 Å². The second-order valence-electron chi connectivity index (χ2n) is 4.53. The zero-order valence-electron chi connectivity index (χ0n) is 11.3. The molecule has 0 heterocycles. The number of rotatable bonds is 5. The highest BCUT2D eigenvalue weighted by molar-refractivity contribution is 5.96. The van der Waals surface area contributed by atoms with Crippen LogP contribution in [0.15, 0.2) is 48.5 Å². The summed E-state index contributed by atoms with van der Waals surface area (Å²) in [6, 6.07) is 15.6. The summed E-state index contributed by atoms with van der Waals surface area (Å²) in [6.07, 6.45) is 0.515. The van der Waals surface area contributed by atoms with Crippen LogP contribution in [0.25, 0.3) is 0 Å². The van der Waals surface area contributed by atoms with Crippen LogP contribution < -0.4 is 4.74 Å². The molecule has 0 unspecified atom stereocenters. The van der Waals surface area contributed by atoms with Crippen LogP contribution in [0.3, 0.4) is 0 Å². The Morgan fingerprint density at radius 3 is 2.53 bits per heavy atom. The Balaban J connectivity index is 2.13. The molecule has 0 aliphatic rings. The van der Waals surface area contributed by atoms with Gasteiger partial charge in [-0.25, -0.2) is 0 Å². The minimum Gasteiger partial charge on any atom is -0.489 e. The van der Waals surface area contributed by atoms with Crippen LogP contribution in [0, 0.1) is 6.92 Å². The molecule has 0 aliphatic heterocycles. The molecule has 2 aromatic rings. The number of ether oxygens (including phenoxy) is 1. The maximum Gasteiger partial charge on any atom is 0.162 e. The van der Waals surface area contributed by atoms with Crippen molar-refractivity contribution in [3.05, 3.63) is 65.2 Å². The highest BCUT2D eigenvalue weighted by Crippen LogP contribution is 2.21. The van der Waals surface area contributed by atoms with E-state index in [9.17, 15) is 4.79 Å². The summed E-state index contributed by atoms with van der Waals surface area (Å²) in [5.41, 5.74) is 2.88. The molecule has 0 amide bonds. The summed E-state index contributed by atoms with van der Waals surface area (Å²) in [4.78, 5) is 11.7. The fourth-order valence-electron chi connectivity index (χ4n) is 1.87. The Morgan fingerprint density at radius 2 is 1.84 bits per heavy atom. The van der Waals surface area contributed by atoms with E-state index in [1.165, 1.54) is 0 Å². The van der Waals surface area contributed by atoms with E-state index in [1.54, 1.807) is 0 Å². The van der Waals surface area contributed by atoms with E-state index >= 15 is 0 Å². The first-order valence-electron chi connectivity index (χ1n) is 6.51. The van der Waals surface area contributed by atoms with Gasteiger partial charge in [0.25, 0.3) is 0 Å². The predicted octanol–water partition coefficient (Wildman–Crippen LogP) is 4.17. The third kappa shape index (κ3) is 3.44. The summed E-state index contributed by atoms with van der Waals surface area (Å²) >= 11 is 0. The van der Waals surface area contributed by atoms with Gasteiger partial charge in [-0.3, -0.25) is 4.79 Å². The van der Waals surface area contributed by atoms with Gasteiger partial charge < -0.3 is 4.74 Å². The van der Waals surface area contributed by atoms with E-state index in [0.717, 1.165) is 22.4 Å². The van der Waals surface area contributed by atoms with Crippen molar-refractivity contribution >= 4 is 5.78 Å². The van der Waals surface area contributed by atoms with Crippen molar-refractivity contribution in [2.24, 2.45) is 0 Å². The van der Waals surface area contributed by atoms with Crippen LogP contribution in [0.5, 0.6) is 5.75 Å². The largest absolute Gasteiger partial charge is 0.489 e. The smallest absolute Gasteiger partial charge is 0.162 e. The lowest BCUT2D eigenvalue weighted by atomic mass is 10.1. The van der Waals surface area contributed by atoms with Gasteiger partial charge in [-0.1, -0.05) is 49.4 Å². The van der Waals surface area contributed by atoms with E-state index in [1.807, 2.05) is 62.4 Å². The number of benzene rings is 2. The van der Waals surface area contributed by atoms with Crippen LogP contribution in [0.4, 0.5) is 0 Å². The van der Waals surface area contributed by atoms with Crippen LogP contribution in [0.2, 0.25) is 0 Å². The third-order valence-corrected chi connectivity index (χ3v) is 3.07. The summed E-state index contributed by atoms with van der Waals surface area (Å²) < 4.78 is 5.81. The van der Waals surface area contributed by atoms with Gasteiger partial charge in [-0.15, -0.1) is 0 Å². The Kier molecular flexibility index (Phi) is 4.35. The number of hydrogen-bond donors (Lipinski definition) is 0. The molecule has 2 heteroatoms. The summed E-state index contributed by atoms with van der Waals surface area (Å²) in [6.45, 7) is 4.37. The molecular formula is C17H18O2. The van der Waals surface area contributed by atoms with E-state index in [0.29, 0.717) is 13.0 Å². The Hall–Kier alpha value is -2.09. The van der Waals surface area contributed by atoms with Gasteiger partial charge in [0.15, 0.2) is 5.78 Å². The molecular weight excluding hydrogens is 236 g/mol. The van der Waals surface area contributed by atoms with Crippen molar-refractivity contribution in [1.29, 1.82) is 0 Å². The van der Waals surface area contributed by atoms with Gasteiger partial charge in [-0.2, -0.15) is 0 Å². The molecule has 0 N–H and O–H groups in total. The zero-order valence-corrected chi connectivity index (χ0v) is 11.3. The molecule has 0 spiro atoms. The molecule has 0 atom stereocenters. The highest BCUT2D eigenvalue weighted by Gasteiger charge is 2.07. The average Bonchev–Trinajstić information content (AvgIpc) is 2.46. The van der Waals surface area contributed by atoms with Gasteiger partial charge in [0.1, 0.15) is 12.4 Å². The molecule has 0 bridgehead atoms. The van der Waals surface area contributed by atoms with Crippen LogP contribution in [-0.4, -0.2) is 5.78 Å². The molecule has 0 aliphatic carbocycles. The molecule has 2 aromatic carbocycles. The summed E-state index contributed by atoms with van der Waals surface area (Å²) in [7, 11) is 0. The normalized spacial score (nSPS) is 10.2.